The fraction of sp³-hybridized carbons (Fsp3) is 0.0952. The standard InChI is InChI=1S/C21H17NO3S/c23-20(16-8-3-1-4-9-16)15-21(26-19-12-5-2-6-13-19)17-10-7-11-18(14-17)22(24)25/h1-14,21H,15H2/t21-/m1/s1. The number of nitro benzene ring substituents is 1. The van der Waals surface area contributed by atoms with Gasteiger partial charge in [0.25, 0.3) is 5.69 Å². The van der Waals surface area contributed by atoms with E-state index >= 15 is 0 Å². The molecule has 0 unspecified atom stereocenters. The molecule has 1 atom stereocenters. The molecular weight excluding hydrogens is 346 g/mol. The molecule has 3 aromatic rings. The first-order valence-corrected chi connectivity index (χ1v) is 9.06. The molecule has 0 fully saturated rings. The van der Waals surface area contributed by atoms with Gasteiger partial charge in [0.15, 0.2) is 5.78 Å². The summed E-state index contributed by atoms with van der Waals surface area (Å²) in [7, 11) is 0. The molecular formula is C21H17NO3S. The minimum Gasteiger partial charge on any atom is -0.294 e. The molecule has 0 heterocycles. The van der Waals surface area contributed by atoms with E-state index in [2.05, 4.69) is 0 Å². The number of benzene rings is 3. The van der Waals surface area contributed by atoms with Crippen molar-refractivity contribution in [1.82, 2.24) is 0 Å². The summed E-state index contributed by atoms with van der Waals surface area (Å²) >= 11 is 1.54. The third-order valence-corrected chi connectivity index (χ3v) is 5.21. The van der Waals surface area contributed by atoms with Crippen molar-refractivity contribution >= 4 is 23.2 Å². The number of thioether (sulfide) groups is 1. The zero-order valence-corrected chi connectivity index (χ0v) is 14.8. The third-order valence-electron chi connectivity index (χ3n) is 3.94. The van der Waals surface area contributed by atoms with Crippen LogP contribution in [0.3, 0.4) is 0 Å². The van der Waals surface area contributed by atoms with Crippen LogP contribution in [0.4, 0.5) is 5.69 Å². The predicted octanol–water partition coefficient (Wildman–Crippen LogP) is 5.70. The van der Waals surface area contributed by atoms with Crippen molar-refractivity contribution in [2.75, 3.05) is 0 Å². The van der Waals surface area contributed by atoms with Crippen LogP contribution in [0.5, 0.6) is 0 Å². The van der Waals surface area contributed by atoms with E-state index in [1.807, 2.05) is 54.6 Å². The summed E-state index contributed by atoms with van der Waals surface area (Å²) in [5.41, 5.74) is 1.46. The van der Waals surface area contributed by atoms with Crippen LogP contribution in [0.15, 0.2) is 89.8 Å². The Kier molecular flexibility index (Phi) is 5.81. The van der Waals surface area contributed by atoms with Crippen molar-refractivity contribution in [1.29, 1.82) is 0 Å². The highest BCUT2D eigenvalue weighted by molar-refractivity contribution is 7.99. The van der Waals surface area contributed by atoms with Gasteiger partial charge in [0.05, 0.1) is 4.92 Å². The molecule has 0 saturated heterocycles. The summed E-state index contributed by atoms with van der Waals surface area (Å²) in [4.78, 5) is 24.4. The number of nitro groups is 1. The van der Waals surface area contributed by atoms with Crippen LogP contribution in [0, 0.1) is 10.1 Å². The zero-order chi connectivity index (χ0) is 18.4. The van der Waals surface area contributed by atoms with E-state index in [9.17, 15) is 14.9 Å². The van der Waals surface area contributed by atoms with Crippen molar-refractivity contribution in [3.63, 3.8) is 0 Å². The molecule has 0 aromatic heterocycles. The Hall–Kier alpha value is -2.92. The van der Waals surface area contributed by atoms with Crippen LogP contribution < -0.4 is 0 Å². The predicted molar refractivity (Wildman–Crippen MR) is 104 cm³/mol. The number of carbonyl (C=O) groups excluding carboxylic acids is 1. The molecule has 5 heteroatoms. The van der Waals surface area contributed by atoms with Crippen molar-refractivity contribution in [2.45, 2.75) is 16.6 Å². The molecule has 0 radical (unpaired) electrons. The van der Waals surface area contributed by atoms with Gasteiger partial charge in [-0.3, -0.25) is 14.9 Å². The quantitative estimate of drug-likeness (QED) is 0.234. The minimum atomic E-state index is -0.410. The Bertz CT molecular complexity index is 897. The van der Waals surface area contributed by atoms with Crippen LogP contribution in [0.25, 0.3) is 0 Å². The summed E-state index contributed by atoms with van der Waals surface area (Å²) in [6, 6.07) is 25.4. The van der Waals surface area contributed by atoms with Gasteiger partial charge in [0.1, 0.15) is 0 Å². The van der Waals surface area contributed by atoms with Crippen LogP contribution in [-0.2, 0) is 0 Å². The molecule has 0 saturated carbocycles. The van der Waals surface area contributed by atoms with Crippen molar-refractivity contribution < 1.29 is 9.72 Å². The van der Waals surface area contributed by atoms with Gasteiger partial charge in [-0.15, -0.1) is 11.8 Å². The van der Waals surface area contributed by atoms with Gasteiger partial charge < -0.3 is 0 Å². The number of non-ortho nitro benzene ring substituents is 1. The normalized spacial score (nSPS) is 11.7. The van der Waals surface area contributed by atoms with Gasteiger partial charge in [0.2, 0.25) is 0 Å². The summed E-state index contributed by atoms with van der Waals surface area (Å²) in [5, 5.41) is 10.9. The first-order chi connectivity index (χ1) is 12.6. The van der Waals surface area contributed by atoms with E-state index in [4.69, 9.17) is 0 Å². The third kappa shape index (κ3) is 4.58. The van der Waals surface area contributed by atoms with E-state index in [1.165, 1.54) is 6.07 Å². The Morgan fingerprint density at radius 1 is 0.923 bits per heavy atom. The number of carbonyl (C=O) groups is 1. The first kappa shape index (κ1) is 17.9. The summed E-state index contributed by atoms with van der Waals surface area (Å²) < 4.78 is 0. The number of ketones is 1. The van der Waals surface area contributed by atoms with Crippen molar-refractivity contribution in [3.05, 3.63) is 106 Å². The van der Waals surface area contributed by atoms with Crippen LogP contribution >= 0.6 is 11.8 Å². The summed E-state index contributed by atoms with van der Waals surface area (Å²) in [5.74, 6) is 0.0190. The smallest absolute Gasteiger partial charge is 0.269 e. The number of rotatable bonds is 7. The average molecular weight is 363 g/mol. The van der Waals surface area contributed by atoms with Crippen LogP contribution in [-0.4, -0.2) is 10.7 Å². The van der Waals surface area contributed by atoms with Gasteiger partial charge in [-0.25, -0.2) is 0 Å². The van der Waals surface area contributed by atoms with E-state index in [1.54, 1.807) is 36.0 Å². The zero-order valence-electron chi connectivity index (χ0n) is 13.9. The topological polar surface area (TPSA) is 60.2 Å². The molecule has 0 spiro atoms. The fourth-order valence-corrected chi connectivity index (χ4v) is 3.80. The lowest BCUT2D eigenvalue weighted by Crippen LogP contribution is -2.06. The monoisotopic (exact) mass is 363 g/mol. The highest BCUT2D eigenvalue weighted by Crippen LogP contribution is 2.39. The Balaban J connectivity index is 1.90. The number of hydrogen-bond donors (Lipinski definition) is 0. The number of Topliss-reactive ketones (excluding diaryl/α,β-unsaturated/α-hetero) is 1. The SMILES string of the molecule is O=C(C[C@@H](Sc1ccccc1)c1cccc([N+](=O)[O-])c1)c1ccccc1. The molecule has 3 rings (SSSR count). The second kappa shape index (κ2) is 8.45. The molecule has 130 valence electrons. The second-order valence-electron chi connectivity index (χ2n) is 5.76. The van der Waals surface area contributed by atoms with Gasteiger partial charge in [0, 0.05) is 34.3 Å². The number of hydrogen-bond acceptors (Lipinski definition) is 4. The van der Waals surface area contributed by atoms with E-state index in [0.717, 1.165) is 10.5 Å². The average Bonchev–Trinajstić information content (AvgIpc) is 2.69. The molecule has 0 aliphatic rings. The fourth-order valence-electron chi connectivity index (χ4n) is 2.64. The molecule has 26 heavy (non-hydrogen) atoms. The van der Waals surface area contributed by atoms with E-state index in [0.29, 0.717) is 5.56 Å². The minimum absolute atomic E-state index is 0.0190. The van der Waals surface area contributed by atoms with Crippen molar-refractivity contribution in [2.24, 2.45) is 0 Å². The lowest BCUT2D eigenvalue weighted by molar-refractivity contribution is -0.384. The van der Waals surface area contributed by atoms with Gasteiger partial charge in [-0.1, -0.05) is 60.7 Å². The van der Waals surface area contributed by atoms with E-state index in [-0.39, 0.29) is 23.1 Å². The molecule has 4 nitrogen and oxygen atoms in total. The molecule has 0 amide bonds. The lowest BCUT2D eigenvalue weighted by atomic mass is 10.0. The summed E-state index contributed by atoms with van der Waals surface area (Å²) in [6.07, 6.45) is 0.269. The molecule has 3 aromatic carbocycles. The largest absolute Gasteiger partial charge is 0.294 e. The molecule has 0 aliphatic heterocycles. The first-order valence-electron chi connectivity index (χ1n) is 8.18. The van der Waals surface area contributed by atoms with Crippen LogP contribution in [0.1, 0.15) is 27.6 Å². The molecule has 0 aliphatic carbocycles. The maximum absolute atomic E-state index is 12.7. The van der Waals surface area contributed by atoms with Gasteiger partial charge in [-0.2, -0.15) is 0 Å². The van der Waals surface area contributed by atoms with E-state index < -0.39 is 4.92 Å². The lowest BCUT2D eigenvalue weighted by Gasteiger charge is -2.16. The summed E-state index contributed by atoms with van der Waals surface area (Å²) in [6.45, 7) is 0. The number of nitrogens with zero attached hydrogens (tertiary/aromatic N) is 1. The maximum Gasteiger partial charge on any atom is 0.269 e. The Labute approximate surface area is 156 Å². The second-order valence-corrected chi connectivity index (χ2v) is 7.04. The van der Waals surface area contributed by atoms with Gasteiger partial charge >= 0.3 is 0 Å². The van der Waals surface area contributed by atoms with Crippen LogP contribution in [0.2, 0.25) is 0 Å². The highest BCUT2D eigenvalue weighted by atomic mass is 32.2. The molecule has 0 bridgehead atoms. The molecule has 0 N–H and O–H groups in total. The Morgan fingerprint density at radius 3 is 2.23 bits per heavy atom. The van der Waals surface area contributed by atoms with Gasteiger partial charge in [-0.05, 0) is 17.7 Å². The Morgan fingerprint density at radius 2 is 1.58 bits per heavy atom. The maximum atomic E-state index is 12.7. The highest BCUT2D eigenvalue weighted by Gasteiger charge is 2.20. The van der Waals surface area contributed by atoms with Crippen molar-refractivity contribution in [3.8, 4) is 0 Å².